The molecule has 0 bridgehead atoms. The highest BCUT2D eigenvalue weighted by atomic mass is 16.3. The van der Waals surface area contributed by atoms with E-state index in [0.29, 0.717) is 6.54 Å². The van der Waals surface area contributed by atoms with Gasteiger partial charge in [0, 0.05) is 19.3 Å². The zero-order valence-electron chi connectivity index (χ0n) is 12.3. The van der Waals surface area contributed by atoms with Crippen LogP contribution in [-0.2, 0) is 11.3 Å². The zero-order valence-corrected chi connectivity index (χ0v) is 12.3. The molecule has 1 heterocycles. The number of hydrogen-bond acceptors (Lipinski definition) is 4. The Labute approximate surface area is 119 Å². The predicted octanol–water partition coefficient (Wildman–Crippen LogP) is 0.999. The molecule has 0 saturated heterocycles. The summed E-state index contributed by atoms with van der Waals surface area (Å²) < 4.78 is 1.58. The van der Waals surface area contributed by atoms with Crippen LogP contribution in [-0.4, -0.2) is 39.2 Å². The van der Waals surface area contributed by atoms with Crippen LogP contribution in [0.1, 0.15) is 44.0 Å². The first-order valence-electron chi connectivity index (χ1n) is 7.06. The first kappa shape index (κ1) is 16.4. The minimum atomic E-state index is -0.703. The van der Waals surface area contributed by atoms with Crippen molar-refractivity contribution in [2.24, 2.45) is 5.92 Å². The van der Waals surface area contributed by atoms with E-state index in [4.69, 9.17) is 0 Å². The van der Waals surface area contributed by atoms with E-state index in [1.165, 1.54) is 6.20 Å². The number of hydrogen-bond donors (Lipinski definition) is 2. The average molecular weight is 281 g/mol. The highest BCUT2D eigenvalue weighted by Gasteiger charge is 2.21. The fourth-order valence-electron chi connectivity index (χ4n) is 2.06. The third kappa shape index (κ3) is 4.16. The predicted molar refractivity (Wildman–Crippen MR) is 75.3 cm³/mol. The number of aryl methyl sites for hydroxylation is 1. The number of carbonyl (C=O) groups is 2. The average Bonchev–Trinajstić information content (AvgIpc) is 2.94. The van der Waals surface area contributed by atoms with E-state index in [2.05, 4.69) is 10.4 Å². The molecule has 0 aliphatic carbocycles. The normalized spacial score (nSPS) is 12.4. The molecule has 0 aromatic carbocycles. The van der Waals surface area contributed by atoms with Crippen molar-refractivity contribution >= 4 is 11.7 Å². The number of aromatic nitrogens is 2. The maximum absolute atomic E-state index is 11.8. The molecule has 20 heavy (non-hydrogen) atoms. The standard InChI is InChI=1S/C14H23N3O3/c1-4-10(5-2)12(18)8-15-14(20)13(19)11-7-16-17(6-3)9-11/h7,9-10,12,18H,4-6,8H2,1-3H3,(H,15,20). The van der Waals surface area contributed by atoms with Gasteiger partial charge >= 0.3 is 0 Å². The molecule has 1 atom stereocenters. The Hall–Kier alpha value is -1.69. The van der Waals surface area contributed by atoms with Crippen molar-refractivity contribution in [1.82, 2.24) is 15.1 Å². The van der Waals surface area contributed by atoms with E-state index in [0.717, 1.165) is 12.8 Å². The van der Waals surface area contributed by atoms with Gasteiger partial charge in [-0.2, -0.15) is 5.10 Å². The number of nitrogens with one attached hydrogen (secondary N) is 1. The smallest absolute Gasteiger partial charge is 0.292 e. The Bertz CT molecular complexity index is 452. The van der Waals surface area contributed by atoms with E-state index in [-0.39, 0.29) is 18.0 Å². The first-order chi connectivity index (χ1) is 9.53. The van der Waals surface area contributed by atoms with Gasteiger partial charge in [-0.3, -0.25) is 14.3 Å². The lowest BCUT2D eigenvalue weighted by Crippen LogP contribution is -2.39. The number of carbonyl (C=O) groups excluding carboxylic acids is 2. The zero-order chi connectivity index (χ0) is 15.1. The Morgan fingerprint density at radius 3 is 2.50 bits per heavy atom. The summed E-state index contributed by atoms with van der Waals surface area (Å²) in [7, 11) is 0. The van der Waals surface area contributed by atoms with Crippen LogP contribution in [0.15, 0.2) is 12.4 Å². The molecule has 6 heteroatoms. The van der Waals surface area contributed by atoms with Crippen LogP contribution < -0.4 is 5.32 Å². The van der Waals surface area contributed by atoms with Crippen LogP contribution >= 0.6 is 0 Å². The summed E-state index contributed by atoms with van der Waals surface area (Å²) in [6.07, 6.45) is 3.97. The summed E-state index contributed by atoms with van der Waals surface area (Å²) >= 11 is 0. The number of rotatable bonds is 8. The lowest BCUT2D eigenvalue weighted by molar-refractivity contribution is -0.117. The molecule has 1 aromatic rings. The molecule has 1 aromatic heterocycles. The minimum Gasteiger partial charge on any atom is -0.391 e. The molecule has 0 radical (unpaired) electrons. The van der Waals surface area contributed by atoms with Gasteiger partial charge in [-0.05, 0) is 12.8 Å². The molecule has 0 fully saturated rings. The molecule has 0 saturated carbocycles. The van der Waals surface area contributed by atoms with Gasteiger partial charge in [0.15, 0.2) is 0 Å². The molecule has 112 valence electrons. The molecule has 2 N–H and O–H groups in total. The monoisotopic (exact) mass is 281 g/mol. The molecular weight excluding hydrogens is 258 g/mol. The van der Waals surface area contributed by atoms with Crippen LogP contribution in [0.4, 0.5) is 0 Å². The van der Waals surface area contributed by atoms with Crippen molar-refractivity contribution < 1.29 is 14.7 Å². The highest BCUT2D eigenvalue weighted by Crippen LogP contribution is 2.12. The van der Waals surface area contributed by atoms with E-state index < -0.39 is 17.8 Å². The summed E-state index contributed by atoms with van der Waals surface area (Å²) in [5.41, 5.74) is 0.265. The van der Waals surface area contributed by atoms with Gasteiger partial charge in [0.1, 0.15) is 0 Å². The number of nitrogens with zero attached hydrogens (tertiary/aromatic N) is 2. The van der Waals surface area contributed by atoms with Gasteiger partial charge in [0.05, 0.1) is 17.9 Å². The summed E-state index contributed by atoms with van der Waals surface area (Å²) in [4.78, 5) is 23.6. The maximum Gasteiger partial charge on any atom is 0.292 e. The van der Waals surface area contributed by atoms with Crippen molar-refractivity contribution in [3.8, 4) is 0 Å². The fraction of sp³-hybridized carbons (Fsp3) is 0.643. The third-order valence-corrected chi connectivity index (χ3v) is 3.49. The van der Waals surface area contributed by atoms with Crippen LogP contribution in [0.3, 0.4) is 0 Å². The first-order valence-corrected chi connectivity index (χ1v) is 7.06. The van der Waals surface area contributed by atoms with Gasteiger partial charge in [0.25, 0.3) is 11.7 Å². The van der Waals surface area contributed by atoms with Crippen LogP contribution in [0.2, 0.25) is 0 Å². The second-order valence-electron chi connectivity index (χ2n) is 4.77. The topological polar surface area (TPSA) is 84.2 Å². The summed E-state index contributed by atoms with van der Waals surface area (Å²) in [6.45, 7) is 6.61. The Balaban J connectivity index is 2.52. The summed E-state index contributed by atoms with van der Waals surface area (Å²) in [5.74, 6) is -1.19. The number of amides is 1. The van der Waals surface area contributed by atoms with Crippen LogP contribution in [0, 0.1) is 5.92 Å². The van der Waals surface area contributed by atoms with Gasteiger partial charge in [-0.15, -0.1) is 0 Å². The third-order valence-electron chi connectivity index (χ3n) is 3.49. The Kier molecular flexibility index (Phi) is 6.38. The minimum absolute atomic E-state index is 0.0961. The van der Waals surface area contributed by atoms with Crippen LogP contribution in [0.25, 0.3) is 0 Å². The van der Waals surface area contributed by atoms with E-state index in [1.807, 2.05) is 20.8 Å². The van der Waals surface area contributed by atoms with Gasteiger partial charge in [-0.1, -0.05) is 26.7 Å². The van der Waals surface area contributed by atoms with Crippen molar-refractivity contribution in [3.05, 3.63) is 18.0 Å². The summed E-state index contributed by atoms with van der Waals surface area (Å²) in [5, 5.41) is 16.3. The van der Waals surface area contributed by atoms with Gasteiger partial charge < -0.3 is 10.4 Å². The molecule has 1 amide bonds. The maximum atomic E-state index is 11.8. The lowest BCUT2D eigenvalue weighted by atomic mass is 9.96. The highest BCUT2D eigenvalue weighted by molar-refractivity contribution is 6.42. The molecular formula is C14H23N3O3. The fourth-order valence-corrected chi connectivity index (χ4v) is 2.06. The van der Waals surface area contributed by atoms with E-state index in [1.54, 1.807) is 10.9 Å². The molecule has 0 aliphatic rings. The number of aliphatic hydroxyl groups excluding tert-OH is 1. The van der Waals surface area contributed by atoms with Crippen molar-refractivity contribution in [1.29, 1.82) is 0 Å². The van der Waals surface area contributed by atoms with Gasteiger partial charge in [0.2, 0.25) is 0 Å². The number of Topliss-reactive ketones (excluding diaryl/α,β-unsaturated/α-hetero) is 1. The SMILES string of the molecule is CCC(CC)C(O)CNC(=O)C(=O)c1cnn(CC)c1. The number of ketones is 1. The molecule has 1 unspecified atom stereocenters. The molecule has 1 rings (SSSR count). The Morgan fingerprint density at radius 1 is 1.35 bits per heavy atom. The molecule has 6 nitrogen and oxygen atoms in total. The molecule has 0 aliphatic heterocycles. The second kappa shape index (κ2) is 7.79. The van der Waals surface area contributed by atoms with Crippen molar-refractivity contribution in [3.63, 3.8) is 0 Å². The second-order valence-corrected chi connectivity index (χ2v) is 4.77. The van der Waals surface area contributed by atoms with Gasteiger partial charge in [-0.25, -0.2) is 0 Å². The van der Waals surface area contributed by atoms with Crippen molar-refractivity contribution in [2.45, 2.75) is 46.3 Å². The van der Waals surface area contributed by atoms with Crippen LogP contribution in [0.5, 0.6) is 0 Å². The van der Waals surface area contributed by atoms with Crippen molar-refractivity contribution in [2.75, 3.05) is 6.54 Å². The van der Waals surface area contributed by atoms with E-state index in [9.17, 15) is 14.7 Å². The lowest BCUT2D eigenvalue weighted by Gasteiger charge is -2.19. The number of aliphatic hydroxyl groups is 1. The van der Waals surface area contributed by atoms with E-state index >= 15 is 0 Å². The Morgan fingerprint density at radius 2 is 2.00 bits per heavy atom. The summed E-state index contributed by atoms with van der Waals surface area (Å²) in [6, 6.07) is 0. The largest absolute Gasteiger partial charge is 0.391 e. The quantitative estimate of drug-likeness (QED) is 0.550. The molecule has 0 spiro atoms.